The lowest BCUT2D eigenvalue weighted by molar-refractivity contribution is 0.297. The van der Waals surface area contributed by atoms with E-state index in [1.54, 1.807) is 0 Å². The molecule has 0 unspecified atom stereocenters. The van der Waals surface area contributed by atoms with Crippen molar-refractivity contribution >= 4 is 26.8 Å². The number of ether oxygens (including phenoxy) is 1. The molecule has 0 radical (unpaired) electrons. The zero-order valence-corrected chi connectivity index (χ0v) is 12.2. The molecule has 2 aromatic carbocycles. The van der Waals surface area contributed by atoms with Crippen LogP contribution < -0.4 is 4.74 Å². The fraction of sp³-hybridized carbons (Fsp3) is 0.125. The van der Waals surface area contributed by atoms with Crippen LogP contribution in [0.25, 0.3) is 10.9 Å². The van der Waals surface area contributed by atoms with Gasteiger partial charge in [0.1, 0.15) is 12.4 Å². The molecule has 0 N–H and O–H groups in total. The molecule has 96 valence electrons. The summed E-state index contributed by atoms with van der Waals surface area (Å²) in [6, 6.07) is 18.4. The molecule has 1 heterocycles. The zero-order valence-electron chi connectivity index (χ0n) is 10.6. The summed E-state index contributed by atoms with van der Waals surface area (Å²) in [5.74, 6) is 0.875. The molecule has 0 fully saturated rings. The Labute approximate surface area is 120 Å². The van der Waals surface area contributed by atoms with Crippen LogP contribution in [0.4, 0.5) is 0 Å². The second-order valence-corrected chi connectivity index (χ2v) is 5.42. The van der Waals surface area contributed by atoms with Gasteiger partial charge in [-0.2, -0.15) is 0 Å². The minimum absolute atomic E-state index is 0.571. The van der Waals surface area contributed by atoms with E-state index in [1.807, 2.05) is 24.3 Å². The number of nitrogens with zero attached hydrogens (tertiary/aromatic N) is 1. The standard InChI is InChI=1S/C16H14BrNO/c1-18-14(9-12-5-2-3-8-16(12)18)11-19-15-7-4-6-13(17)10-15/h2-10H,11H2,1H3. The van der Waals surface area contributed by atoms with Crippen molar-refractivity contribution in [3.05, 3.63) is 64.8 Å². The van der Waals surface area contributed by atoms with Gasteiger partial charge in [-0.25, -0.2) is 0 Å². The van der Waals surface area contributed by atoms with Gasteiger partial charge in [-0.3, -0.25) is 0 Å². The summed E-state index contributed by atoms with van der Waals surface area (Å²) >= 11 is 3.45. The van der Waals surface area contributed by atoms with Gasteiger partial charge >= 0.3 is 0 Å². The van der Waals surface area contributed by atoms with Gasteiger partial charge in [0, 0.05) is 17.0 Å². The van der Waals surface area contributed by atoms with E-state index in [-0.39, 0.29) is 0 Å². The van der Waals surface area contributed by atoms with Crippen LogP contribution in [0.1, 0.15) is 5.69 Å². The van der Waals surface area contributed by atoms with E-state index in [0.29, 0.717) is 6.61 Å². The van der Waals surface area contributed by atoms with E-state index < -0.39 is 0 Å². The van der Waals surface area contributed by atoms with E-state index in [9.17, 15) is 0 Å². The van der Waals surface area contributed by atoms with Gasteiger partial charge in [-0.15, -0.1) is 0 Å². The van der Waals surface area contributed by atoms with E-state index >= 15 is 0 Å². The third kappa shape index (κ3) is 2.51. The maximum Gasteiger partial charge on any atom is 0.128 e. The monoisotopic (exact) mass is 315 g/mol. The lowest BCUT2D eigenvalue weighted by Crippen LogP contribution is -2.01. The highest BCUT2D eigenvalue weighted by molar-refractivity contribution is 9.10. The lowest BCUT2D eigenvalue weighted by Gasteiger charge is -2.07. The van der Waals surface area contributed by atoms with Crippen LogP contribution >= 0.6 is 15.9 Å². The Morgan fingerprint density at radius 3 is 2.68 bits per heavy atom. The Morgan fingerprint density at radius 2 is 1.89 bits per heavy atom. The van der Waals surface area contributed by atoms with Crippen molar-refractivity contribution in [2.24, 2.45) is 7.05 Å². The predicted molar refractivity (Wildman–Crippen MR) is 81.4 cm³/mol. The fourth-order valence-corrected chi connectivity index (χ4v) is 2.58. The Kier molecular flexibility index (Phi) is 3.30. The molecule has 1 aromatic heterocycles. The Bertz CT molecular complexity index is 718. The van der Waals surface area contributed by atoms with Crippen LogP contribution in [-0.4, -0.2) is 4.57 Å². The number of aryl methyl sites for hydroxylation is 1. The average molecular weight is 316 g/mol. The molecule has 3 aromatic rings. The van der Waals surface area contributed by atoms with E-state index in [2.05, 4.69) is 57.9 Å². The van der Waals surface area contributed by atoms with Crippen LogP contribution in [0, 0.1) is 0 Å². The van der Waals surface area contributed by atoms with Gasteiger partial charge < -0.3 is 9.30 Å². The number of aromatic nitrogens is 1. The highest BCUT2D eigenvalue weighted by Crippen LogP contribution is 2.22. The molecule has 0 spiro atoms. The maximum absolute atomic E-state index is 5.83. The molecular formula is C16H14BrNO. The van der Waals surface area contributed by atoms with E-state index in [4.69, 9.17) is 4.74 Å². The Hall–Kier alpha value is -1.74. The second-order valence-electron chi connectivity index (χ2n) is 4.50. The van der Waals surface area contributed by atoms with Crippen molar-refractivity contribution < 1.29 is 4.74 Å². The molecule has 0 aliphatic heterocycles. The summed E-state index contributed by atoms with van der Waals surface area (Å²) in [6.07, 6.45) is 0. The number of hydrogen-bond acceptors (Lipinski definition) is 1. The quantitative estimate of drug-likeness (QED) is 0.693. The summed E-state index contributed by atoms with van der Waals surface area (Å²) in [7, 11) is 2.07. The molecule has 0 aliphatic rings. The van der Waals surface area contributed by atoms with Crippen molar-refractivity contribution in [1.82, 2.24) is 4.57 Å². The average Bonchev–Trinajstić information content (AvgIpc) is 2.74. The van der Waals surface area contributed by atoms with Crippen LogP contribution in [0.5, 0.6) is 5.75 Å². The first kappa shape index (κ1) is 12.3. The van der Waals surface area contributed by atoms with Gasteiger partial charge in [-0.05, 0) is 35.7 Å². The number of rotatable bonds is 3. The van der Waals surface area contributed by atoms with Crippen molar-refractivity contribution in [2.45, 2.75) is 6.61 Å². The number of benzene rings is 2. The molecule has 0 amide bonds. The van der Waals surface area contributed by atoms with Gasteiger partial charge in [0.25, 0.3) is 0 Å². The number of halogens is 1. The van der Waals surface area contributed by atoms with Crippen molar-refractivity contribution in [3.63, 3.8) is 0 Å². The zero-order chi connectivity index (χ0) is 13.2. The third-order valence-electron chi connectivity index (χ3n) is 3.23. The first-order chi connectivity index (χ1) is 9.24. The molecule has 3 heteroatoms. The van der Waals surface area contributed by atoms with Gasteiger partial charge in [0.05, 0.1) is 5.69 Å². The van der Waals surface area contributed by atoms with E-state index in [1.165, 1.54) is 16.6 Å². The second kappa shape index (κ2) is 5.10. The van der Waals surface area contributed by atoms with Gasteiger partial charge in [0.2, 0.25) is 0 Å². The summed E-state index contributed by atoms with van der Waals surface area (Å²) in [4.78, 5) is 0. The molecule has 2 nitrogen and oxygen atoms in total. The molecule has 0 bridgehead atoms. The Morgan fingerprint density at radius 1 is 1.05 bits per heavy atom. The molecular weight excluding hydrogens is 302 g/mol. The summed E-state index contributed by atoms with van der Waals surface area (Å²) < 4.78 is 9.04. The molecule has 0 saturated heterocycles. The molecule has 0 saturated carbocycles. The number of hydrogen-bond donors (Lipinski definition) is 0. The highest BCUT2D eigenvalue weighted by Gasteiger charge is 2.05. The van der Waals surface area contributed by atoms with Crippen molar-refractivity contribution in [1.29, 1.82) is 0 Å². The van der Waals surface area contributed by atoms with Gasteiger partial charge in [0.15, 0.2) is 0 Å². The normalized spacial score (nSPS) is 10.8. The topological polar surface area (TPSA) is 14.2 Å². The summed E-state index contributed by atoms with van der Waals surface area (Å²) in [5, 5.41) is 1.25. The van der Waals surface area contributed by atoms with Crippen molar-refractivity contribution in [3.8, 4) is 5.75 Å². The summed E-state index contributed by atoms with van der Waals surface area (Å²) in [6.45, 7) is 0.571. The SMILES string of the molecule is Cn1c(COc2cccc(Br)c2)cc2ccccc21. The lowest BCUT2D eigenvalue weighted by atomic mass is 10.2. The first-order valence-electron chi connectivity index (χ1n) is 6.16. The minimum atomic E-state index is 0.571. The van der Waals surface area contributed by atoms with Crippen LogP contribution in [0.2, 0.25) is 0 Å². The van der Waals surface area contributed by atoms with Crippen LogP contribution in [0.15, 0.2) is 59.1 Å². The smallest absolute Gasteiger partial charge is 0.128 e. The molecule has 0 aliphatic carbocycles. The highest BCUT2D eigenvalue weighted by atomic mass is 79.9. The van der Waals surface area contributed by atoms with Crippen molar-refractivity contribution in [2.75, 3.05) is 0 Å². The number of para-hydroxylation sites is 1. The maximum atomic E-state index is 5.83. The molecule has 0 atom stereocenters. The fourth-order valence-electron chi connectivity index (χ4n) is 2.20. The minimum Gasteiger partial charge on any atom is -0.487 e. The van der Waals surface area contributed by atoms with Crippen LogP contribution in [-0.2, 0) is 13.7 Å². The van der Waals surface area contributed by atoms with Crippen LogP contribution in [0.3, 0.4) is 0 Å². The third-order valence-corrected chi connectivity index (χ3v) is 3.73. The summed E-state index contributed by atoms with van der Waals surface area (Å²) in [5.41, 5.74) is 2.40. The van der Waals surface area contributed by atoms with E-state index in [0.717, 1.165) is 10.2 Å². The first-order valence-corrected chi connectivity index (χ1v) is 6.95. The largest absolute Gasteiger partial charge is 0.487 e. The molecule has 3 rings (SSSR count). The number of fused-ring (bicyclic) bond motifs is 1. The Balaban J connectivity index is 1.84. The van der Waals surface area contributed by atoms with Gasteiger partial charge in [-0.1, -0.05) is 40.2 Å². The molecule has 19 heavy (non-hydrogen) atoms. The predicted octanol–water partition coefficient (Wildman–Crippen LogP) is 4.52.